The highest BCUT2D eigenvalue weighted by atomic mass is 19.4. The number of amides is 1. The van der Waals surface area contributed by atoms with Crippen LogP contribution in [-0.4, -0.2) is 28.4 Å². The largest absolute Gasteiger partial charge is 0.430 e. The SMILES string of the molecule is O=C1NCc2nc(-c3c(F)cccc3F)cc(Nc3ccc(C(O)(C(F)(F)F)C(F)(F)F)cc3)c21. The first-order valence-electron chi connectivity index (χ1n) is 9.74. The van der Waals surface area contributed by atoms with Crippen LogP contribution in [0.2, 0.25) is 0 Å². The summed E-state index contributed by atoms with van der Waals surface area (Å²) < 4.78 is 107. The topological polar surface area (TPSA) is 74.2 Å². The molecule has 0 spiro atoms. The molecule has 0 aliphatic carbocycles. The Morgan fingerprint density at radius 2 is 1.46 bits per heavy atom. The van der Waals surface area contributed by atoms with Gasteiger partial charge in [-0.15, -0.1) is 0 Å². The number of halogens is 8. The number of alkyl halides is 6. The zero-order valence-corrected chi connectivity index (χ0v) is 17.2. The van der Waals surface area contributed by atoms with E-state index < -0.39 is 46.6 Å². The predicted molar refractivity (Wildman–Crippen MR) is 106 cm³/mol. The molecule has 0 fully saturated rings. The Labute approximate surface area is 191 Å². The number of nitrogens with zero attached hydrogens (tertiary/aromatic N) is 1. The summed E-state index contributed by atoms with van der Waals surface area (Å²) in [5.41, 5.74) is -7.28. The van der Waals surface area contributed by atoms with E-state index in [0.29, 0.717) is 12.1 Å². The van der Waals surface area contributed by atoms with E-state index in [-0.39, 0.29) is 34.9 Å². The lowest BCUT2D eigenvalue weighted by Crippen LogP contribution is -2.53. The van der Waals surface area contributed by atoms with Crippen LogP contribution in [0.1, 0.15) is 21.6 Å². The van der Waals surface area contributed by atoms with E-state index in [9.17, 15) is 45.0 Å². The van der Waals surface area contributed by atoms with Crippen LogP contribution in [-0.2, 0) is 12.1 Å². The summed E-state index contributed by atoms with van der Waals surface area (Å²) in [5, 5.41) is 14.6. The Balaban J connectivity index is 1.76. The number of aliphatic hydroxyl groups is 1. The van der Waals surface area contributed by atoms with Crippen molar-refractivity contribution in [2.45, 2.75) is 24.5 Å². The van der Waals surface area contributed by atoms with Crippen molar-refractivity contribution >= 4 is 17.3 Å². The molecule has 3 N–H and O–H groups in total. The molecule has 3 aromatic rings. The Hall–Kier alpha value is -3.74. The number of anilines is 2. The highest BCUT2D eigenvalue weighted by molar-refractivity contribution is 6.04. The van der Waals surface area contributed by atoms with Crippen LogP contribution in [0, 0.1) is 11.6 Å². The maximum absolute atomic E-state index is 14.3. The standard InChI is InChI=1S/C22H13F8N3O2/c23-12-2-1-3-13(24)17(12)14-8-15(18-16(33-14)9-31-19(18)34)32-11-6-4-10(5-7-11)20(35,21(25,26)27)22(28,29)30/h1-8,35H,9H2,(H,31,34)(H,32,33). The van der Waals surface area contributed by atoms with Crippen LogP contribution >= 0.6 is 0 Å². The summed E-state index contributed by atoms with van der Waals surface area (Å²) in [4.78, 5) is 16.4. The average Bonchev–Trinajstić information content (AvgIpc) is 3.13. The first-order chi connectivity index (χ1) is 16.2. The van der Waals surface area contributed by atoms with Crippen molar-refractivity contribution in [2.75, 3.05) is 5.32 Å². The molecule has 1 aliphatic heterocycles. The lowest BCUT2D eigenvalue weighted by molar-refractivity contribution is -0.376. The first-order valence-corrected chi connectivity index (χ1v) is 9.74. The van der Waals surface area contributed by atoms with E-state index in [1.807, 2.05) is 0 Å². The van der Waals surface area contributed by atoms with Crippen molar-refractivity contribution in [3.63, 3.8) is 0 Å². The number of nitrogens with one attached hydrogen (secondary N) is 2. The zero-order chi connectivity index (χ0) is 25.8. The van der Waals surface area contributed by atoms with E-state index >= 15 is 0 Å². The van der Waals surface area contributed by atoms with Gasteiger partial charge in [-0.1, -0.05) is 18.2 Å². The van der Waals surface area contributed by atoms with Gasteiger partial charge < -0.3 is 15.7 Å². The van der Waals surface area contributed by atoms with Crippen LogP contribution in [0.4, 0.5) is 46.5 Å². The number of hydrogen-bond donors (Lipinski definition) is 3. The Morgan fingerprint density at radius 3 is 2.00 bits per heavy atom. The Bertz CT molecular complexity index is 1270. The molecule has 2 aromatic carbocycles. The second-order valence-electron chi connectivity index (χ2n) is 7.56. The number of carbonyl (C=O) groups is 1. The lowest BCUT2D eigenvalue weighted by atomic mass is 9.92. The molecular formula is C22H13F8N3O2. The van der Waals surface area contributed by atoms with Gasteiger partial charge in [-0.05, 0) is 30.3 Å². The minimum atomic E-state index is -6.05. The normalized spacial score (nSPS) is 14.0. The van der Waals surface area contributed by atoms with E-state index in [0.717, 1.165) is 36.4 Å². The number of benzene rings is 2. The number of pyridine rings is 1. The number of rotatable bonds is 4. The molecule has 1 amide bonds. The zero-order valence-electron chi connectivity index (χ0n) is 17.2. The second-order valence-corrected chi connectivity index (χ2v) is 7.56. The number of fused-ring (bicyclic) bond motifs is 1. The fraction of sp³-hybridized carbons (Fsp3) is 0.182. The molecule has 4 rings (SSSR count). The third-order valence-electron chi connectivity index (χ3n) is 5.36. The fourth-order valence-corrected chi connectivity index (χ4v) is 3.64. The predicted octanol–water partition coefficient (Wildman–Crippen LogP) is 5.33. The van der Waals surface area contributed by atoms with Crippen LogP contribution in [0.25, 0.3) is 11.3 Å². The van der Waals surface area contributed by atoms with Crippen LogP contribution in [0.5, 0.6) is 0 Å². The molecule has 0 saturated carbocycles. The van der Waals surface area contributed by atoms with Gasteiger partial charge >= 0.3 is 12.4 Å². The molecular weight excluding hydrogens is 490 g/mol. The van der Waals surface area contributed by atoms with Gasteiger partial charge in [0.15, 0.2) is 0 Å². The molecule has 35 heavy (non-hydrogen) atoms. The van der Waals surface area contributed by atoms with E-state index in [2.05, 4.69) is 15.6 Å². The minimum absolute atomic E-state index is 0.0170. The highest BCUT2D eigenvalue weighted by Crippen LogP contribution is 2.50. The summed E-state index contributed by atoms with van der Waals surface area (Å²) in [6, 6.07) is 6.72. The summed E-state index contributed by atoms with van der Waals surface area (Å²) >= 11 is 0. The van der Waals surface area contributed by atoms with Gasteiger partial charge in [-0.2, -0.15) is 26.3 Å². The summed E-state index contributed by atoms with van der Waals surface area (Å²) in [5.74, 6) is -2.48. The molecule has 1 aromatic heterocycles. The lowest BCUT2D eigenvalue weighted by Gasteiger charge is -2.32. The van der Waals surface area contributed by atoms with Crippen LogP contribution < -0.4 is 10.6 Å². The molecule has 13 heteroatoms. The molecule has 184 valence electrons. The van der Waals surface area contributed by atoms with Crippen LogP contribution in [0.15, 0.2) is 48.5 Å². The van der Waals surface area contributed by atoms with Crippen molar-refractivity contribution in [3.05, 3.63) is 77.0 Å². The molecule has 0 radical (unpaired) electrons. The van der Waals surface area contributed by atoms with Crippen molar-refractivity contribution < 1.29 is 45.0 Å². The monoisotopic (exact) mass is 503 g/mol. The quantitative estimate of drug-likeness (QED) is 0.421. The highest BCUT2D eigenvalue weighted by Gasteiger charge is 2.71. The van der Waals surface area contributed by atoms with Crippen molar-refractivity contribution in [1.29, 1.82) is 0 Å². The van der Waals surface area contributed by atoms with Gasteiger partial charge in [-0.25, -0.2) is 13.8 Å². The van der Waals surface area contributed by atoms with Gasteiger partial charge in [-0.3, -0.25) is 4.79 Å². The minimum Gasteiger partial charge on any atom is -0.369 e. The second kappa shape index (κ2) is 8.18. The molecule has 0 atom stereocenters. The maximum atomic E-state index is 14.3. The Kier molecular flexibility index (Phi) is 5.70. The van der Waals surface area contributed by atoms with E-state index in [1.165, 1.54) is 0 Å². The molecule has 0 bridgehead atoms. The summed E-state index contributed by atoms with van der Waals surface area (Å²) in [6.45, 7) is -0.0735. The van der Waals surface area contributed by atoms with Crippen molar-refractivity contribution in [2.24, 2.45) is 0 Å². The number of carbonyl (C=O) groups excluding carboxylic acids is 1. The van der Waals surface area contributed by atoms with E-state index in [4.69, 9.17) is 0 Å². The number of aromatic nitrogens is 1. The molecule has 0 unspecified atom stereocenters. The first kappa shape index (κ1) is 24.4. The van der Waals surface area contributed by atoms with Gasteiger partial charge in [0, 0.05) is 11.3 Å². The molecule has 5 nitrogen and oxygen atoms in total. The van der Waals surface area contributed by atoms with Gasteiger partial charge in [0.25, 0.3) is 11.5 Å². The molecule has 1 aliphatic rings. The van der Waals surface area contributed by atoms with Crippen molar-refractivity contribution in [3.8, 4) is 11.3 Å². The maximum Gasteiger partial charge on any atom is 0.430 e. The smallest absolute Gasteiger partial charge is 0.369 e. The Morgan fingerprint density at radius 1 is 0.886 bits per heavy atom. The fourth-order valence-electron chi connectivity index (χ4n) is 3.64. The number of hydrogen-bond acceptors (Lipinski definition) is 4. The van der Waals surface area contributed by atoms with Gasteiger partial charge in [0.2, 0.25) is 0 Å². The van der Waals surface area contributed by atoms with Crippen LogP contribution in [0.3, 0.4) is 0 Å². The third kappa shape index (κ3) is 4.05. The van der Waals surface area contributed by atoms with Gasteiger partial charge in [0.1, 0.15) is 11.6 Å². The summed E-state index contributed by atoms with van der Waals surface area (Å²) in [6.07, 6.45) is -12.1. The third-order valence-corrected chi connectivity index (χ3v) is 5.36. The molecule has 2 heterocycles. The molecule has 0 saturated heterocycles. The van der Waals surface area contributed by atoms with Gasteiger partial charge in [0.05, 0.1) is 34.7 Å². The van der Waals surface area contributed by atoms with E-state index in [1.54, 1.807) is 0 Å². The van der Waals surface area contributed by atoms with Crippen molar-refractivity contribution in [1.82, 2.24) is 10.3 Å². The summed E-state index contributed by atoms with van der Waals surface area (Å²) in [7, 11) is 0. The average molecular weight is 503 g/mol.